The Balaban J connectivity index is 2.27. The van der Waals surface area contributed by atoms with Gasteiger partial charge in [-0.25, -0.2) is 4.98 Å². The molecule has 6 heteroatoms. The molecule has 0 saturated carbocycles. The van der Waals surface area contributed by atoms with Gasteiger partial charge in [-0.2, -0.15) is 0 Å². The fourth-order valence-electron chi connectivity index (χ4n) is 1.41. The first-order valence-electron chi connectivity index (χ1n) is 4.36. The predicted octanol–water partition coefficient (Wildman–Crippen LogP) is 1.43. The van der Waals surface area contributed by atoms with Gasteiger partial charge in [0.15, 0.2) is 16.6 Å². The van der Waals surface area contributed by atoms with E-state index in [0.717, 1.165) is 17.2 Å². The molecule has 0 bridgehead atoms. The molecule has 0 unspecified atom stereocenters. The Morgan fingerprint density at radius 3 is 3.00 bits per heavy atom. The number of nitrogens with two attached hydrogens (primary N) is 1. The maximum atomic E-state index is 5.58. The summed E-state index contributed by atoms with van der Waals surface area (Å²) in [4.78, 5) is 4.18. The van der Waals surface area contributed by atoms with Crippen LogP contribution in [0.15, 0.2) is 29.8 Å². The second-order valence-corrected chi connectivity index (χ2v) is 3.91. The number of nitrogens with zero attached hydrogens (tertiary/aromatic N) is 4. The molecule has 3 aromatic heterocycles. The van der Waals surface area contributed by atoms with Crippen LogP contribution in [0.25, 0.3) is 17.2 Å². The molecular weight excluding hydrogens is 210 g/mol. The summed E-state index contributed by atoms with van der Waals surface area (Å²) in [6, 6.07) is 5.74. The van der Waals surface area contributed by atoms with Crippen LogP contribution in [0, 0.1) is 0 Å². The van der Waals surface area contributed by atoms with Crippen LogP contribution < -0.4 is 5.73 Å². The molecule has 0 atom stereocenters. The van der Waals surface area contributed by atoms with Crippen molar-refractivity contribution in [3.8, 4) is 11.5 Å². The van der Waals surface area contributed by atoms with E-state index in [-0.39, 0.29) is 0 Å². The lowest BCUT2D eigenvalue weighted by Crippen LogP contribution is -1.89. The second kappa shape index (κ2) is 3.03. The number of pyridine rings is 1. The van der Waals surface area contributed by atoms with E-state index in [0.29, 0.717) is 5.13 Å². The summed E-state index contributed by atoms with van der Waals surface area (Å²) < 4.78 is 1.88. The summed E-state index contributed by atoms with van der Waals surface area (Å²) >= 11 is 1.40. The Bertz CT molecular complexity index is 612. The highest BCUT2D eigenvalue weighted by atomic mass is 32.1. The van der Waals surface area contributed by atoms with E-state index in [9.17, 15) is 0 Å². The molecule has 2 N–H and O–H groups in total. The van der Waals surface area contributed by atoms with Crippen LogP contribution in [-0.4, -0.2) is 19.6 Å². The van der Waals surface area contributed by atoms with Gasteiger partial charge in [0.05, 0.1) is 0 Å². The SMILES string of the molecule is Nc1nc(-c2nnc3ccccn23)cs1. The van der Waals surface area contributed by atoms with Crippen molar-refractivity contribution in [1.82, 2.24) is 19.6 Å². The Labute approximate surface area is 89.2 Å². The third-order valence-electron chi connectivity index (χ3n) is 2.06. The molecule has 0 aliphatic carbocycles. The monoisotopic (exact) mass is 217 g/mol. The van der Waals surface area contributed by atoms with E-state index >= 15 is 0 Å². The molecule has 0 spiro atoms. The van der Waals surface area contributed by atoms with Crippen molar-refractivity contribution >= 4 is 22.1 Å². The van der Waals surface area contributed by atoms with Gasteiger partial charge in [-0.05, 0) is 12.1 Å². The van der Waals surface area contributed by atoms with Gasteiger partial charge in [0.25, 0.3) is 0 Å². The third-order valence-corrected chi connectivity index (χ3v) is 2.74. The Kier molecular flexibility index (Phi) is 1.69. The van der Waals surface area contributed by atoms with Crippen molar-refractivity contribution in [2.45, 2.75) is 0 Å². The van der Waals surface area contributed by atoms with Crippen LogP contribution in [0.5, 0.6) is 0 Å². The number of aromatic nitrogens is 4. The first-order chi connectivity index (χ1) is 7.34. The van der Waals surface area contributed by atoms with E-state index in [2.05, 4.69) is 15.2 Å². The van der Waals surface area contributed by atoms with Gasteiger partial charge in [-0.15, -0.1) is 21.5 Å². The fraction of sp³-hybridized carbons (Fsp3) is 0. The highest BCUT2D eigenvalue weighted by Gasteiger charge is 2.09. The largest absolute Gasteiger partial charge is 0.375 e. The summed E-state index contributed by atoms with van der Waals surface area (Å²) in [6.45, 7) is 0. The maximum Gasteiger partial charge on any atom is 0.187 e. The van der Waals surface area contributed by atoms with Crippen LogP contribution in [0.2, 0.25) is 0 Å². The predicted molar refractivity (Wildman–Crippen MR) is 58.5 cm³/mol. The van der Waals surface area contributed by atoms with Crippen molar-refractivity contribution in [3.63, 3.8) is 0 Å². The van der Waals surface area contributed by atoms with Crippen molar-refractivity contribution < 1.29 is 0 Å². The zero-order chi connectivity index (χ0) is 10.3. The van der Waals surface area contributed by atoms with E-state index < -0.39 is 0 Å². The Morgan fingerprint density at radius 1 is 1.27 bits per heavy atom. The lowest BCUT2D eigenvalue weighted by Gasteiger charge is -1.93. The van der Waals surface area contributed by atoms with Gasteiger partial charge in [-0.3, -0.25) is 4.40 Å². The standard InChI is InChI=1S/C9H7N5S/c10-9-11-6(5-15-9)8-13-12-7-3-1-2-4-14(7)8/h1-5H,(H2,10,11). The summed E-state index contributed by atoms with van der Waals surface area (Å²) in [5.74, 6) is 0.721. The molecule has 5 nitrogen and oxygen atoms in total. The summed E-state index contributed by atoms with van der Waals surface area (Å²) in [5.41, 5.74) is 7.14. The average molecular weight is 217 g/mol. The van der Waals surface area contributed by atoms with Crippen LogP contribution in [0.1, 0.15) is 0 Å². The van der Waals surface area contributed by atoms with Crippen LogP contribution in [-0.2, 0) is 0 Å². The highest BCUT2D eigenvalue weighted by molar-refractivity contribution is 7.13. The van der Waals surface area contributed by atoms with Crippen molar-refractivity contribution in [2.75, 3.05) is 5.73 Å². The first-order valence-corrected chi connectivity index (χ1v) is 5.24. The number of thiazole rings is 1. The molecule has 0 aliphatic heterocycles. The molecule has 0 radical (unpaired) electrons. The smallest absolute Gasteiger partial charge is 0.187 e. The van der Waals surface area contributed by atoms with Crippen LogP contribution in [0.3, 0.4) is 0 Å². The average Bonchev–Trinajstić information content (AvgIpc) is 2.83. The molecule has 0 saturated heterocycles. The van der Waals surface area contributed by atoms with E-state index in [1.54, 1.807) is 0 Å². The van der Waals surface area contributed by atoms with Crippen molar-refractivity contribution in [3.05, 3.63) is 29.8 Å². The first kappa shape index (κ1) is 8.37. The van der Waals surface area contributed by atoms with E-state index in [1.807, 2.05) is 34.2 Å². The minimum atomic E-state index is 0.540. The number of hydrogen-bond donors (Lipinski definition) is 1. The summed E-state index contributed by atoms with van der Waals surface area (Å²) in [7, 11) is 0. The summed E-state index contributed by atoms with van der Waals surface area (Å²) in [5, 5.41) is 10.5. The van der Waals surface area contributed by atoms with Gasteiger partial charge < -0.3 is 5.73 Å². The maximum absolute atomic E-state index is 5.58. The third kappa shape index (κ3) is 1.26. The van der Waals surface area contributed by atoms with Gasteiger partial charge in [0.2, 0.25) is 0 Å². The second-order valence-electron chi connectivity index (χ2n) is 3.02. The zero-order valence-corrected chi connectivity index (χ0v) is 8.48. The topological polar surface area (TPSA) is 69.1 Å². The number of hydrogen-bond acceptors (Lipinski definition) is 5. The van der Waals surface area contributed by atoms with Gasteiger partial charge in [-0.1, -0.05) is 6.07 Å². The molecule has 3 aromatic rings. The molecule has 3 heterocycles. The molecule has 74 valence electrons. The summed E-state index contributed by atoms with van der Waals surface area (Å²) in [6.07, 6.45) is 1.90. The zero-order valence-electron chi connectivity index (χ0n) is 7.66. The number of rotatable bonds is 1. The molecule has 15 heavy (non-hydrogen) atoms. The highest BCUT2D eigenvalue weighted by Crippen LogP contribution is 2.21. The van der Waals surface area contributed by atoms with E-state index in [4.69, 9.17) is 5.73 Å². The molecule has 0 fully saturated rings. The number of nitrogen functional groups attached to an aromatic ring is 1. The van der Waals surface area contributed by atoms with E-state index in [1.165, 1.54) is 11.3 Å². The lowest BCUT2D eigenvalue weighted by molar-refractivity contribution is 1.10. The minimum Gasteiger partial charge on any atom is -0.375 e. The van der Waals surface area contributed by atoms with Crippen molar-refractivity contribution in [2.24, 2.45) is 0 Å². The minimum absolute atomic E-state index is 0.540. The lowest BCUT2D eigenvalue weighted by atomic mass is 10.4. The van der Waals surface area contributed by atoms with Crippen molar-refractivity contribution in [1.29, 1.82) is 0 Å². The number of fused-ring (bicyclic) bond motifs is 1. The molecule has 0 aliphatic rings. The number of anilines is 1. The van der Waals surface area contributed by atoms with Gasteiger partial charge in [0.1, 0.15) is 5.69 Å². The molecular formula is C9H7N5S. The van der Waals surface area contributed by atoms with Gasteiger partial charge in [0, 0.05) is 11.6 Å². The quantitative estimate of drug-likeness (QED) is 0.669. The van der Waals surface area contributed by atoms with Crippen LogP contribution in [0.4, 0.5) is 5.13 Å². The fourth-order valence-corrected chi connectivity index (χ4v) is 1.95. The van der Waals surface area contributed by atoms with Gasteiger partial charge >= 0.3 is 0 Å². The molecule has 0 aromatic carbocycles. The normalized spacial score (nSPS) is 10.9. The Hall–Kier alpha value is -1.95. The van der Waals surface area contributed by atoms with Crippen LogP contribution >= 0.6 is 11.3 Å². The molecule has 0 amide bonds. The molecule has 3 rings (SSSR count). The Morgan fingerprint density at radius 2 is 2.20 bits per heavy atom.